The van der Waals surface area contributed by atoms with E-state index >= 15 is 0 Å². The van der Waals surface area contributed by atoms with Gasteiger partial charge in [-0.1, -0.05) is 50.0 Å². The number of ether oxygens (including phenoxy) is 1. The Balaban J connectivity index is 2.00. The Hall–Kier alpha value is -3.83. The van der Waals surface area contributed by atoms with Crippen LogP contribution >= 0.6 is 0 Å². The van der Waals surface area contributed by atoms with Crippen LogP contribution in [0.3, 0.4) is 0 Å². The molecule has 4 N–H and O–H groups in total. The molecule has 0 aliphatic rings. The number of aliphatic hydroxyl groups is 1. The lowest BCUT2D eigenvalue weighted by Crippen LogP contribution is -2.44. The fourth-order valence-corrected chi connectivity index (χ4v) is 3.68. The van der Waals surface area contributed by atoms with E-state index in [4.69, 9.17) is 9.84 Å². The highest BCUT2D eigenvalue weighted by Crippen LogP contribution is 2.24. The van der Waals surface area contributed by atoms with Crippen molar-refractivity contribution in [3.05, 3.63) is 70.8 Å². The van der Waals surface area contributed by atoms with Gasteiger partial charge in [-0.25, -0.2) is 9.59 Å². The first-order valence-corrected chi connectivity index (χ1v) is 12.2. The third-order valence-electron chi connectivity index (χ3n) is 5.58. The summed E-state index contributed by atoms with van der Waals surface area (Å²) in [5.74, 6) is 4.46. The van der Waals surface area contributed by atoms with E-state index in [9.17, 15) is 19.5 Å². The minimum atomic E-state index is -1.18. The number of aliphatic carboxylic acids is 1. The molecule has 0 heterocycles. The molecule has 0 aliphatic carbocycles. The van der Waals surface area contributed by atoms with Crippen LogP contribution < -0.4 is 10.6 Å². The third kappa shape index (κ3) is 9.98. The Kier molecular flexibility index (Phi) is 10.7. The van der Waals surface area contributed by atoms with E-state index in [0.717, 1.165) is 11.1 Å². The van der Waals surface area contributed by atoms with Gasteiger partial charge in [-0.3, -0.25) is 4.79 Å². The number of aliphatic hydroxyl groups excluding tert-OH is 1. The van der Waals surface area contributed by atoms with Gasteiger partial charge in [0.05, 0.1) is 0 Å². The summed E-state index contributed by atoms with van der Waals surface area (Å²) in [7, 11) is 0. The van der Waals surface area contributed by atoms with Gasteiger partial charge in [-0.15, -0.1) is 0 Å². The van der Waals surface area contributed by atoms with Crippen LogP contribution in [0, 0.1) is 17.8 Å². The highest BCUT2D eigenvalue weighted by Gasteiger charge is 2.24. The lowest BCUT2D eigenvalue weighted by Gasteiger charge is -2.22. The molecule has 2 aromatic carbocycles. The zero-order valence-electron chi connectivity index (χ0n) is 22.0. The topological polar surface area (TPSA) is 125 Å². The van der Waals surface area contributed by atoms with Gasteiger partial charge in [0.1, 0.15) is 18.2 Å². The van der Waals surface area contributed by atoms with Crippen molar-refractivity contribution < 1.29 is 29.3 Å². The number of carboxylic acid groups (broad SMARTS) is 1. The summed E-state index contributed by atoms with van der Waals surface area (Å²) < 4.78 is 5.14. The monoisotopic (exact) mass is 508 g/mol. The van der Waals surface area contributed by atoms with E-state index < -0.39 is 23.7 Å². The number of carbonyl (C=O) groups excluding carboxylic acids is 2. The number of carbonyl (C=O) groups is 3. The van der Waals surface area contributed by atoms with E-state index in [1.54, 1.807) is 45.0 Å². The maximum absolute atomic E-state index is 12.8. The Morgan fingerprint density at radius 3 is 2.14 bits per heavy atom. The Morgan fingerprint density at radius 2 is 1.62 bits per heavy atom. The molecular formula is C29H36N2O6. The van der Waals surface area contributed by atoms with Crippen LogP contribution in [0.25, 0.3) is 0 Å². The molecule has 0 saturated heterocycles. The Morgan fingerprint density at radius 1 is 1.00 bits per heavy atom. The van der Waals surface area contributed by atoms with Crippen molar-refractivity contribution in [1.29, 1.82) is 0 Å². The van der Waals surface area contributed by atoms with Gasteiger partial charge in [0.2, 0.25) is 0 Å². The predicted octanol–water partition coefficient (Wildman–Crippen LogP) is 3.72. The van der Waals surface area contributed by atoms with E-state index in [0.29, 0.717) is 17.7 Å². The second-order valence-corrected chi connectivity index (χ2v) is 10.1. The summed E-state index contributed by atoms with van der Waals surface area (Å²) in [5.41, 5.74) is 2.26. The summed E-state index contributed by atoms with van der Waals surface area (Å²) in [6, 6.07) is 13.2. The van der Waals surface area contributed by atoms with Crippen LogP contribution in [0.1, 0.15) is 67.6 Å². The number of rotatable bonds is 9. The first-order valence-electron chi connectivity index (χ1n) is 12.2. The van der Waals surface area contributed by atoms with Gasteiger partial charge in [0.15, 0.2) is 0 Å². The van der Waals surface area contributed by atoms with Crippen LogP contribution in [0.2, 0.25) is 0 Å². The van der Waals surface area contributed by atoms with E-state index in [1.165, 1.54) is 0 Å². The molecular weight excluding hydrogens is 472 g/mol. The summed E-state index contributed by atoms with van der Waals surface area (Å²) in [4.78, 5) is 36.4. The van der Waals surface area contributed by atoms with E-state index in [2.05, 4.69) is 36.3 Å². The van der Waals surface area contributed by atoms with Crippen molar-refractivity contribution >= 4 is 18.0 Å². The van der Waals surface area contributed by atoms with Crippen LogP contribution in [0.4, 0.5) is 4.79 Å². The minimum absolute atomic E-state index is 0.0462. The number of nitrogens with one attached hydrogen (secondary N) is 2. The second-order valence-electron chi connectivity index (χ2n) is 10.1. The predicted molar refractivity (Wildman–Crippen MR) is 141 cm³/mol. The average Bonchev–Trinajstić information content (AvgIpc) is 2.82. The van der Waals surface area contributed by atoms with Gasteiger partial charge >= 0.3 is 12.1 Å². The first kappa shape index (κ1) is 29.4. The van der Waals surface area contributed by atoms with Gasteiger partial charge in [-0.05, 0) is 62.1 Å². The molecule has 0 saturated carbocycles. The van der Waals surface area contributed by atoms with Crippen LogP contribution in [-0.2, 0) is 16.0 Å². The molecule has 2 amide bonds. The molecule has 1 unspecified atom stereocenters. The van der Waals surface area contributed by atoms with Gasteiger partial charge in [0, 0.05) is 30.0 Å². The molecule has 2 aromatic rings. The number of alkyl carbamates (subject to hydrolysis) is 1. The third-order valence-corrected chi connectivity index (χ3v) is 5.58. The molecule has 0 bridgehead atoms. The van der Waals surface area contributed by atoms with Crippen LogP contribution in [-0.4, -0.2) is 53.0 Å². The molecule has 0 radical (unpaired) electrons. The smallest absolute Gasteiger partial charge is 0.408 e. The van der Waals surface area contributed by atoms with Crippen molar-refractivity contribution in [3.8, 4) is 11.8 Å². The number of hydrogen-bond donors (Lipinski definition) is 4. The fourth-order valence-electron chi connectivity index (χ4n) is 3.68. The summed E-state index contributed by atoms with van der Waals surface area (Å²) >= 11 is 0. The van der Waals surface area contributed by atoms with Gasteiger partial charge in [-0.2, -0.15) is 0 Å². The minimum Gasteiger partial charge on any atom is -0.480 e. The zero-order valence-corrected chi connectivity index (χ0v) is 22.0. The fraction of sp³-hybridized carbons (Fsp3) is 0.414. The quantitative estimate of drug-likeness (QED) is 0.383. The molecule has 0 aromatic heterocycles. The van der Waals surface area contributed by atoms with Gasteiger partial charge in [0.25, 0.3) is 5.91 Å². The maximum atomic E-state index is 12.8. The largest absolute Gasteiger partial charge is 0.480 e. The molecule has 37 heavy (non-hydrogen) atoms. The lowest BCUT2D eigenvalue weighted by molar-refractivity contribution is -0.139. The number of amides is 2. The highest BCUT2D eigenvalue weighted by atomic mass is 16.6. The molecule has 8 nitrogen and oxygen atoms in total. The molecule has 0 spiro atoms. The molecule has 0 fully saturated rings. The Labute approximate surface area is 218 Å². The number of hydrogen-bond acceptors (Lipinski definition) is 5. The summed E-state index contributed by atoms with van der Waals surface area (Å²) in [6.45, 7) is 9.53. The Bertz CT molecular complexity index is 1120. The molecule has 8 heteroatoms. The van der Waals surface area contributed by atoms with Crippen LogP contribution in [0.15, 0.2) is 48.5 Å². The lowest BCUT2D eigenvalue weighted by atomic mass is 9.88. The standard InChI is InChI=1S/C29H36N2O6/c1-19(2)24(22-12-8-20(9-13-22)7-6-16-32)18-30-26(33)23-14-10-21(11-15-23)17-25(27(34)35)31-28(36)37-29(3,4)5/h8-15,19,24-25,32H,16-18H2,1-5H3,(H,30,33)(H,31,36)(H,34,35)/t24-,25?/m1/s1. The normalized spacial score (nSPS) is 12.6. The number of carboxylic acids is 1. The van der Waals surface area contributed by atoms with E-state index in [-0.39, 0.29) is 30.8 Å². The average molecular weight is 509 g/mol. The number of benzene rings is 2. The second kappa shape index (κ2) is 13.5. The van der Waals surface area contributed by atoms with E-state index in [1.807, 2.05) is 24.3 Å². The van der Waals surface area contributed by atoms with Gasteiger partial charge < -0.3 is 25.6 Å². The molecule has 2 rings (SSSR count). The van der Waals surface area contributed by atoms with Crippen LogP contribution in [0.5, 0.6) is 0 Å². The van der Waals surface area contributed by atoms with Crippen molar-refractivity contribution in [2.75, 3.05) is 13.2 Å². The van der Waals surface area contributed by atoms with Crippen molar-refractivity contribution in [2.45, 2.75) is 58.6 Å². The molecule has 0 aliphatic heterocycles. The van der Waals surface area contributed by atoms with Crippen molar-refractivity contribution in [2.24, 2.45) is 5.92 Å². The SMILES string of the molecule is CC(C)[C@@H](CNC(=O)c1ccc(CC(NC(=O)OC(C)(C)C)C(=O)O)cc1)c1ccc(C#CCO)cc1. The zero-order chi connectivity index (χ0) is 27.6. The molecule has 2 atom stereocenters. The summed E-state index contributed by atoms with van der Waals surface area (Å²) in [5, 5.41) is 23.7. The highest BCUT2D eigenvalue weighted by molar-refractivity contribution is 5.94. The van der Waals surface area contributed by atoms with Crippen molar-refractivity contribution in [3.63, 3.8) is 0 Å². The maximum Gasteiger partial charge on any atom is 0.408 e. The van der Waals surface area contributed by atoms with Crippen molar-refractivity contribution in [1.82, 2.24) is 10.6 Å². The molecule has 198 valence electrons. The summed E-state index contributed by atoms with van der Waals surface area (Å²) in [6.07, 6.45) is -0.756. The first-order chi connectivity index (χ1) is 17.4.